The van der Waals surface area contributed by atoms with Gasteiger partial charge in [0.05, 0.1) is 10.2 Å². The Balaban J connectivity index is 2.97. The third kappa shape index (κ3) is 1.45. The molecule has 0 amide bonds. The molecule has 0 bridgehead atoms. The van der Waals surface area contributed by atoms with Crippen molar-refractivity contribution >= 4 is 26.7 Å². The van der Waals surface area contributed by atoms with Gasteiger partial charge in [-0.15, -0.1) is 0 Å². The van der Waals surface area contributed by atoms with Crippen LogP contribution in [-0.4, -0.2) is 10.1 Å². The summed E-state index contributed by atoms with van der Waals surface area (Å²) in [5, 5.41) is 10.8. The lowest BCUT2D eigenvalue weighted by Crippen LogP contribution is -1.94. The number of benzene rings is 1. The lowest BCUT2D eigenvalue weighted by Gasteiger charge is -2.13. The molecule has 1 aromatic carbocycles. The average molecular weight is 236 g/mol. The highest BCUT2D eigenvalue weighted by Gasteiger charge is 2.19. The van der Waals surface area contributed by atoms with Crippen LogP contribution in [0.15, 0.2) is 0 Å². The molecule has 0 saturated heterocycles. The first kappa shape index (κ1) is 11.2. The highest BCUT2D eigenvalue weighted by molar-refractivity contribution is 7.22. The van der Waals surface area contributed by atoms with Crippen LogP contribution in [0.4, 0.5) is 5.13 Å². The van der Waals surface area contributed by atoms with Crippen molar-refractivity contribution in [2.45, 2.75) is 33.6 Å². The van der Waals surface area contributed by atoms with E-state index in [0.717, 1.165) is 26.9 Å². The number of thiazole rings is 1. The van der Waals surface area contributed by atoms with Crippen LogP contribution >= 0.6 is 11.3 Å². The second kappa shape index (κ2) is 3.63. The predicted octanol–water partition coefficient (Wildman–Crippen LogP) is 3.32. The van der Waals surface area contributed by atoms with Crippen LogP contribution in [0.25, 0.3) is 10.2 Å². The van der Waals surface area contributed by atoms with Gasteiger partial charge in [-0.1, -0.05) is 25.2 Å². The van der Waals surface area contributed by atoms with E-state index in [2.05, 4.69) is 18.8 Å². The van der Waals surface area contributed by atoms with Crippen LogP contribution < -0.4 is 5.73 Å². The predicted molar refractivity (Wildman–Crippen MR) is 69.3 cm³/mol. The van der Waals surface area contributed by atoms with Gasteiger partial charge in [0.25, 0.3) is 0 Å². The zero-order valence-corrected chi connectivity index (χ0v) is 10.8. The third-order valence-electron chi connectivity index (χ3n) is 2.99. The number of nitrogens with zero attached hydrogens (tertiary/aromatic N) is 1. The number of aryl methyl sites for hydroxylation is 1. The highest BCUT2D eigenvalue weighted by atomic mass is 32.1. The molecular formula is C12H16N2OS. The zero-order chi connectivity index (χ0) is 12.0. The monoisotopic (exact) mass is 236 g/mol. The number of phenolic OH excluding ortho intramolecular Hbond substituents is 1. The molecule has 0 saturated carbocycles. The summed E-state index contributed by atoms with van der Waals surface area (Å²) in [5.41, 5.74) is 9.57. The molecule has 0 radical (unpaired) electrons. The van der Waals surface area contributed by atoms with Gasteiger partial charge >= 0.3 is 0 Å². The van der Waals surface area contributed by atoms with Crippen molar-refractivity contribution in [2.24, 2.45) is 0 Å². The number of anilines is 1. The number of fused-ring (bicyclic) bond motifs is 1. The van der Waals surface area contributed by atoms with Crippen molar-refractivity contribution in [1.29, 1.82) is 0 Å². The molecule has 0 unspecified atom stereocenters. The summed E-state index contributed by atoms with van der Waals surface area (Å²) in [6, 6.07) is 0. The molecule has 0 atom stereocenters. The van der Waals surface area contributed by atoms with Crippen LogP contribution in [0.2, 0.25) is 0 Å². The fourth-order valence-electron chi connectivity index (χ4n) is 1.97. The van der Waals surface area contributed by atoms with Gasteiger partial charge in [-0.2, -0.15) is 0 Å². The van der Waals surface area contributed by atoms with Gasteiger partial charge in [0.1, 0.15) is 5.75 Å². The van der Waals surface area contributed by atoms with Crippen molar-refractivity contribution < 1.29 is 5.11 Å². The van der Waals surface area contributed by atoms with E-state index in [1.165, 1.54) is 11.3 Å². The van der Waals surface area contributed by atoms with Crippen molar-refractivity contribution in [2.75, 3.05) is 5.73 Å². The second-order valence-electron chi connectivity index (χ2n) is 4.40. The van der Waals surface area contributed by atoms with Crippen molar-refractivity contribution in [3.63, 3.8) is 0 Å². The molecule has 3 N–H and O–H groups in total. The Morgan fingerprint density at radius 1 is 1.25 bits per heavy atom. The van der Waals surface area contributed by atoms with Gasteiger partial charge in [-0.25, -0.2) is 4.98 Å². The van der Waals surface area contributed by atoms with Gasteiger partial charge in [0.2, 0.25) is 0 Å². The summed E-state index contributed by atoms with van der Waals surface area (Å²) in [5.74, 6) is 0.658. The SMILES string of the molecule is Cc1c(O)c(C(C)C)c2sc(N)nc2c1C. The van der Waals surface area contributed by atoms with E-state index in [4.69, 9.17) is 5.73 Å². The summed E-state index contributed by atoms with van der Waals surface area (Å²) in [6.45, 7) is 8.03. The maximum absolute atomic E-state index is 10.2. The Morgan fingerprint density at radius 3 is 2.44 bits per heavy atom. The summed E-state index contributed by atoms with van der Waals surface area (Å²) >= 11 is 1.45. The molecule has 16 heavy (non-hydrogen) atoms. The molecule has 0 aliphatic carbocycles. The summed E-state index contributed by atoms with van der Waals surface area (Å²) in [7, 11) is 0. The molecule has 2 rings (SSSR count). The standard InChI is InChI=1S/C12H16N2OS/c1-5(2)8-10(15)7(4)6(3)9-11(8)16-12(13)14-9/h5,15H,1-4H3,(H2,13,14). The molecule has 3 nitrogen and oxygen atoms in total. The van der Waals surface area contributed by atoms with E-state index in [0.29, 0.717) is 10.9 Å². The third-order valence-corrected chi connectivity index (χ3v) is 3.91. The van der Waals surface area contributed by atoms with Crippen LogP contribution in [0.1, 0.15) is 36.5 Å². The van der Waals surface area contributed by atoms with E-state index in [-0.39, 0.29) is 5.92 Å². The fourth-order valence-corrected chi connectivity index (χ4v) is 3.06. The lowest BCUT2D eigenvalue weighted by atomic mass is 9.96. The summed E-state index contributed by atoms with van der Waals surface area (Å²) in [6.07, 6.45) is 0. The fraction of sp³-hybridized carbons (Fsp3) is 0.417. The number of hydrogen-bond donors (Lipinski definition) is 2. The minimum atomic E-state index is 0.265. The first-order valence-electron chi connectivity index (χ1n) is 5.31. The number of nitrogen functional groups attached to an aromatic ring is 1. The van der Waals surface area contributed by atoms with E-state index in [1.54, 1.807) is 0 Å². The van der Waals surface area contributed by atoms with E-state index in [1.807, 2.05) is 13.8 Å². The maximum atomic E-state index is 10.2. The Morgan fingerprint density at radius 2 is 1.88 bits per heavy atom. The van der Waals surface area contributed by atoms with Crippen molar-refractivity contribution in [1.82, 2.24) is 4.98 Å². The minimum absolute atomic E-state index is 0.265. The number of aromatic hydroxyl groups is 1. The molecule has 86 valence electrons. The molecule has 0 aliphatic heterocycles. The largest absolute Gasteiger partial charge is 0.507 e. The number of rotatable bonds is 1. The topological polar surface area (TPSA) is 59.1 Å². The number of phenols is 1. The smallest absolute Gasteiger partial charge is 0.181 e. The van der Waals surface area contributed by atoms with Gasteiger partial charge in [0, 0.05) is 5.56 Å². The Kier molecular flexibility index (Phi) is 2.54. The average Bonchev–Trinajstić information content (AvgIpc) is 2.56. The van der Waals surface area contributed by atoms with Crippen LogP contribution in [-0.2, 0) is 0 Å². The first-order chi connectivity index (χ1) is 7.43. The van der Waals surface area contributed by atoms with E-state index >= 15 is 0 Å². The van der Waals surface area contributed by atoms with Crippen LogP contribution in [0.5, 0.6) is 5.75 Å². The number of hydrogen-bond acceptors (Lipinski definition) is 4. The highest BCUT2D eigenvalue weighted by Crippen LogP contribution is 2.41. The van der Waals surface area contributed by atoms with Crippen LogP contribution in [0.3, 0.4) is 0 Å². The van der Waals surface area contributed by atoms with Gasteiger partial charge in [0.15, 0.2) is 5.13 Å². The molecule has 4 heteroatoms. The first-order valence-corrected chi connectivity index (χ1v) is 6.13. The Hall–Kier alpha value is -1.29. The quantitative estimate of drug-likeness (QED) is 0.798. The molecule has 0 spiro atoms. The van der Waals surface area contributed by atoms with Gasteiger partial charge in [-0.05, 0) is 30.9 Å². The Labute approximate surface area is 98.9 Å². The van der Waals surface area contributed by atoms with Crippen molar-refractivity contribution in [3.8, 4) is 5.75 Å². The summed E-state index contributed by atoms with van der Waals surface area (Å²) in [4.78, 5) is 4.34. The normalized spacial score (nSPS) is 11.6. The Bertz CT molecular complexity index is 558. The molecule has 1 heterocycles. The van der Waals surface area contributed by atoms with E-state index in [9.17, 15) is 5.11 Å². The zero-order valence-electron chi connectivity index (χ0n) is 9.96. The lowest BCUT2D eigenvalue weighted by molar-refractivity contribution is 0.462. The maximum Gasteiger partial charge on any atom is 0.181 e. The summed E-state index contributed by atoms with van der Waals surface area (Å²) < 4.78 is 1.02. The van der Waals surface area contributed by atoms with Crippen molar-refractivity contribution in [3.05, 3.63) is 16.7 Å². The van der Waals surface area contributed by atoms with Crippen LogP contribution in [0, 0.1) is 13.8 Å². The number of nitrogens with two attached hydrogens (primary N) is 1. The molecule has 2 aromatic rings. The number of aromatic nitrogens is 1. The molecule has 0 aliphatic rings. The van der Waals surface area contributed by atoms with Gasteiger partial charge < -0.3 is 10.8 Å². The molecular weight excluding hydrogens is 220 g/mol. The van der Waals surface area contributed by atoms with Gasteiger partial charge in [-0.3, -0.25) is 0 Å². The molecule has 0 fully saturated rings. The minimum Gasteiger partial charge on any atom is -0.507 e. The van der Waals surface area contributed by atoms with E-state index < -0.39 is 0 Å². The second-order valence-corrected chi connectivity index (χ2v) is 5.43. The molecule has 1 aromatic heterocycles.